The second-order valence-electron chi connectivity index (χ2n) is 15.5. The molecule has 1 N–H and O–H groups in total. The predicted molar refractivity (Wildman–Crippen MR) is 153 cm³/mol. The van der Waals surface area contributed by atoms with Gasteiger partial charge in [0.25, 0.3) is 0 Å². The standard InChI is InChI=1S/C18H33N3O.C13H20N2O/c1-14(2,3)13(22)20(11)18(10)15(4,5)16(6,7)21(12-19)17(18,8)9;1-5-15-8-10(13(9-15)6-7-13)14-11(16)12(2,3)4/h1-11H3;1,10H,6-9H2,2-4H3,(H,14,16). The van der Waals surface area contributed by atoms with Gasteiger partial charge in [0, 0.05) is 47.8 Å². The first kappa shape index (κ1) is 31.8. The Morgan fingerprint density at radius 1 is 0.947 bits per heavy atom. The average Bonchev–Trinajstić information content (AvgIpc) is 3.44. The Morgan fingerprint density at radius 3 is 1.79 bits per heavy atom. The molecular weight excluding hydrogens is 474 g/mol. The molecule has 3 aliphatic rings. The molecule has 0 bridgehead atoms. The number of hydrogen-bond donors (Lipinski definition) is 1. The van der Waals surface area contributed by atoms with Crippen molar-refractivity contribution in [1.82, 2.24) is 20.0 Å². The summed E-state index contributed by atoms with van der Waals surface area (Å²) in [6, 6.07) is 2.93. The van der Waals surface area contributed by atoms with Crippen LogP contribution >= 0.6 is 0 Å². The van der Waals surface area contributed by atoms with E-state index in [9.17, 15) is 14.9 Å². The quantitative estimate of drug-likeness (QED) is 0.411. The highest BCUT2D eigenvalue weighted by Gasteiger charge is 2.72. The summed E-state index contributed by atoms with van der Waals surface area (Å²) in [5, 5.41) is 12.9. The van der Waals surface area contributed by atoms with Crippen molar-refractivity contribution in [2.45, 2.75) is 126 Å². The van der Waals surface area contributed by atoms with E-state index in [1.807, 2.05) is 63.3 Å². The topological polar surface area (TPSA) is 79.7 Å². The molecule has 1 aliphatic carbocycles. The first-order valence-electron chi connectivity index (χ1n) is 13.9. The van der Waals surface area contributed by atoms with Crippen LogP contribution in [0.1, 0.15) is 103 Å². The number of amides is 2. The van der Waals surface area contributed by atoms with Gasteiger partial charge in [-0.15, -0.1) is 0 Å². The van der Waals surface area contributed by atoms with Gasteiger partial charge in [0.1, 0.15) is 0 Å². The zero-order chi connectivity index (χ0) is 29.9. The summed E-state index contributed by atoms with van der Waals surface area (Å²) < 4.78 is 0. The van der Waals surface area contributed by atoms with Crippen LogP contribution in [0.15, 0.2) is 0 Å². The average molecular weight is 528 g/mol. The van der Waals surface area contributed by atoms with Crippen molar-refractivity contribution in [3.63, 3.8) is 0 Å². The van der Waals surface area contributed by atoms with Crippen LogP contribution in [-0.2, 0) is 9.59 Å². The van der Waals surface area contributed by atoms with Gasteiger partial charge < -0.3 is 15.1 Å². The van der Waals surface area contributed by atoms with E-state index in [1.165, 1.54) is 12.8 Å². The summed E-state index contributed by atoms with van der Waals surface area (Å²) in [5.74, 6) is 0.231. The lowest BCUT2D eigenvalue weighted by Crippen LogP contribution is -2.66. The van der Waals surface area contributed by atoms with Crippen molar-refractivity contribution in [2.24, 2.45) is 21.7 Å². The molecule has 7 heteroatoms. The van der Waals surface area contributed by atoms with Crippen molar-refractivity contribution in [2.75, 3.05) is 20.1 Å². The van der Waals surface area contributed by atoms with Crippen LogP contribution in [0.25, 0.3) is 0 Å². The number of rotatable bonds is 2. The van der Waals surface area contributed by atoms with E-state index in [0.717, 1.165) is 13.1 Å². The van der Waals surface area contributed by atoms with Crippen LogP contribution in [-0.4, -0.2) is 69.3 Å². The second kappa shape index (κ2) is 9.35. The zero-order valence-electron chi connectivity index (χ0n) is 26.6. The van der Waals surface area contributed by atoms with Gasteiger partial charge in [-0.1, -0.05) is 61.8 Å². The minimum absolute atomic E-state index is 0.103. The van der Waals surface area contributed by atoms with E-state index < -0.39 is 16.5 Å². The van der Waals surface area contributed by atoms with Crippen molar-refractivity contribution in [3.05, 3.63) is 0 Å². The normalized spacial score (nSPS) is 28.1. The molecule has 3 fully saturated rings. The number of nitrogens with zero attached hydrogens (tertiary/aromatic N) is 4. The molecule has 2 heterocycles. The van der Waals surface area contributed by atoms with Gasteiger partial charge in [0.05, 0.1) is 22.7 Å². The fourth-order valence-electron chi connectivity index (χ4n) is 6.65. The Hall–Kier alpha value is -2.41. The number of likely N-dealkylation sites (tertiary alicyclic amines) is 2. The van der Waals surface area contributed by atoms with Crippen LogP contribution in [0.2, 0.25) is 0 Å². The van der Waals surface area contributed by atoms with Crippen molar-refractivity contribution in [1.29, 1.82) is 5.26 Å². The molecule has 2 unspecified atom stereocenters. The highest BCUT2D eigenvalue weighted by molar-refractivity contribution is 5.82. The van der Waals surface area contributed by atoms with Crippen LogP contribution < -0.4 is 5.32 Å². The molecule has 2 atom stereocenters. The Bertz CT molecular complexity index is 1030. The molecule has 0 radical (unpaired) electrons. The maximum absolute atomic E-state index is 13.0. The second-order valence-corrected chi connectivity index (χ2v) is 15.5. The third kappa shape index (κ3) is 4.76. The maximum Gasteiger partial charge on any atom is 0.228 e. The van der Waals surface area contributed by atoms with Crippen molar-refractivity contribution >= 4 is 11.8 Å². The molecule has 7 nitrogen and oxygen atoms in total. The Kier molecular flexibility index (Phi) is 7.83. The molecule has 2 aliphatic heterocycles. The first-order valence-corrected chi connectivity index (χ1v) is 13.9. The van der Waals surface area contributed by atoms with Crippen LogP contribution in [0.3, 0.4) is 0 Å². The Morgan fingerprint density at radius 2 is 1.45 bits per heavy atom. The number of terminal acetylenes is 1. The largest absolute Gasteiger partial charge is 0.350 e. The lowest BCUT2D eigenvalue weighted by Gasteiger charge is -2.54. The van der Waals surface area contributed by atoms with Crippen molar-refractivity contribution in [3.8, 4) is 18.7 Å². The lowest BCUT2D eigenvalue weighted by molar-refractivity contribution is -0.151. The fourth-order valence-corrected chi connectivity index (χ4v) is 6.65. The van der Waals surface area contributed by atoms with Gasteiger partial charge in [-0.25, -0.2) is 0 Å². The summed E-state index contributed by atoms with van der Waals surface area (Å²) in [6.07, 6.45) is 10.2. The predicted octanol–water partition coefficient (Wildman–Crippen LogP) is 4.83. The lowest BCUT2D eigenvalue weighted by atomic mass is 9.60. The Labute approximate surface area is 232 Å². The summed E-state index contributed by atoms with van der Waals surface area (Å²) in [4.78, 5) is 30.6. The van der Waals surface area contributed by atoms with Gasteiger partial charge in [0.15, 0.2) is 6.19 Å². The highest BCUT2D eigenvalue weighted by Crippen LogP contribution is 2.61. The van der Waals surface area contributed by atoms with Crippen molar-refractivity contribution < 1.29 is 9.59 Å². The molecule has 1 saturated carbocycles. The van der Waals surface area contributed by atoms with E-state index >= 15 is 0 Å². The smallest absolute Gasteiger partial charge is 0.228 e. The van der Waals surface area contributed by atoms with Gasteiger partial charge >= 0.3 is 0 Å². The molecule has 1 spiro atoms. The minimum Gasteiger partial charge on any atom is -0.350 e. The van der Waals surface area contributed by atoms with Gasteiger partial charge in [-0.2, -0.15) is 5.26 Å². The number of nitriles is 1. The number of likely N-dealkylation sites (N-methyl/N-ethyl adjacent to an activating group) is 1. The van der Waals surface area contributed by atoms with E-state index in [4.69, 9.17) is 6.42 Å². The minimum atomic E-state index is -0.483. The summed E-state index contributed by atoms with van der Waals surface area (Å²) >= 11 is 0. The van der Waals surface area contributed by atoms with Gasteiger partial charge in [-0.05, 0) is 47.5 Å². The molecule has 3 rings (SSSR count). The van der Waals surface area contributed by atoms with Crippen LogP contribution in [0.5, 0.6) is 0 Å². The molecule has 38 heavy (non-hydrogen) atoms. The Balaban J connectivity index is 0.000000279. The highest BCUT2D eigenvalue weighted by atomic mass is 16.2. The molecule has 0 aromatic rings. The van der Waals surface area contributed by atoms with Gasteiger partial charge in [0.2, 0.25) is 11.8 Å². The zero-order valence-corrected chi connectivity index (χ0v) is 26.6. The van der Waals surface area contributed by atoms with Gasteiger partial charge in [-0.3, -0.25) is 14.5 Å². The van der Waals surface area contributed by atoms with Crippen LogP contribution in [0.4, 0.5) is 0 Å². The number of carbonyl (C=O) groups is 2. The third-order valence-corrected chi connectivity index (χ3v) is 10.5. The molecule has 2 amide bonds. The molecule has 214 valence electrons. The number of carbonyl (C=O) groups excluding carboxylic acids is 2. The van der Waals surface area contributed by atoms with Crippen LogP contribution in [0, 0.1) is 45.6 Å². The number of nitrogens with one attached hydrogen (secondary N) is 1. The van der Waals surface area contributed by atoms with E-state index in [0.29, 0.717) is 0 Å². The summed E-state index contributed by atoms with van der Waals surface area (Å²) in [7, 11) is 1.88. The van der Waals surface area contributed by atoms with E-state index in [2.05, 4.69) is 66.0 Å². The monoisotopic (exact) mass is 527 g/mol. The van der Waals surface area contributed by atoms with E-state index in [-0.39, 0.29) is 39.6 Å². The summed E-state index contributed by atoms with van der Waals surface area (Å²) in [6.45, 7) is 28.2. The molecule has 0 aromatic heterocycles. The molecule has 0 aromatic carbocycles. The fraction of sp³-hybridized carbons (Fsp3) is 0.839. The molecule has 2 saturated heterocycles. The SMILES string of the molecule is C#CN1CC(NC(=O)C(C)(C)C)C2(CC2)C1.CN(C(=O)C(C)(C)C)C1(C)C(C)(C)N(C#N)C(C)(C)C1(C)C. The number of hydrogen-bond acceptors (Lipinski definition) is 5. The third-order valence-electron chi connectivity index (χ3n) is 10.5. The first-order chi connectivity index (χ1) is 16.9. The maximum atomic E-state index is 13.0. The summed E-state index contributed by atoms with van der Waals surface area (Å²) in [5.41, 5.74) is -2.06. The molecular formula is C31H53N5O2. The van der Waals surface area contributed by atoms with E-state index in [1.54, 1.807) is 0 Å².